The van der Waals surface area contributed by atoms with E-state index < -0.39 is 18.0 Å². The van der Waals surface area contributed by atoms with Gasteiger partial charge in [0.25, 0.3) is 5.91 Å². The zero-order valence-electron chi connectivity index (χ0n) is 16.2. The molecule has 0 heterocycles. The Kier molecular flexibility index (Phi) is 8.14. The standard InChI is InChI=1S/C21H24ClNO5/c1-14-6-4-7-17(12-14)27-11-5-8-20(24)28-15(2)21(25)23-18-13-16(22)9-10-19(18)26-3/h4,6-7,9-10,12-13,15H,5,8,11H2,1-3H3,(H,23,25)/t15-/m0/s1. The molecule has 2 aromatic carbocycles. The fraction of sp³-hybridized carbons (Fsp3) is 0.333. The van der Waals surface area contributed by atoms with Gasteiger partial charge in [-0.2, -0.15) is 0 Å². The van der Waals surface area contributed by atoms with Crippen LogP contribution in [0.25, 0.3) is 0 Å². The highest BCUT2D eigenvalue weighted by Crippen LogP contribution is 2.27. The number of rotatable bonds is 9. The smallest absolute Gasteiger partial charge is 0.306 e. The Balaban J connectivity index is 1.75. The lowest BCUT2D eigenvalue weighted by molar-refractivity contribution is -0.153. The van der Waals surface area contributed by atoms with Gasteiger partial charge in [-0.25, -0.2) is 0 Å². The summed E-state index contributed by atoms with van der Waals surface area (Å²) >= 11 is 5.94. The summed E-state index contributed by atoms with van der Waals surface area (Å²) in [7, 11) is 1.49. The van der Waals surface area contributed by atoms with E-state index in [9.17, 15) is 9.59 Å². The quantitative estimate of drug-likeness (QED) is 0.494. The summed E-state index contributed by atoms with van der Waals surface area (Å²) in [6.07, 6.45) is -0.304. The Hall–Kier alpha value is -2.73. The molecule has 1 N–H and O–H groups in total. The number of ether oxygens (including phenoxy) is 3. The van der Waals surface area contributed by atoms with E-state index in [0.717, 1.165) is 11.3 Å². The SMILES string of the molecule is COc1ccc(Cl)cc1NC(=O)[C@H](C)OC(=O)CCCOc1cccc(C)c1. The molecule has 0 aromatic heterocycles. The number of aryl methyl sites for hydroxylation is 1. The summed E-state index contributed by atoms with van der Waals surface area (Å²) in [5.41, 5.74) is 1.52. The Morgan fingerprint density at radius 3 is 2.68 bits per heavy atom. The summed E-state index contributed by atoms with van der Waals surface area (Å²) in [4.78, 5) is 24.2. The number of esters is 1. The van der Waals surface area contributed by atoms with Gasteiger partial charge in [0.2, 0.25) is 0 Å². The van der Waals surface area contributed by atoms with Gasteiger partial charge in [-0.3, -0.25) is 9.59 Å². The summed E-state index contributed by atoms with van der Waals surface area (Å²) in [6, 6.07) is 12.5. The molecule has 0 aliphatic rings. The van der Waals surface area contributed by atoms with E-state index in [2.05, 4.69) is 5.32 Å². The second-order valence-corrected chi connectivity index (χ2v) is 6.67. The van der Waals surface area contributed by atoms with Gasteiger partial charge in [0.1, 0.15) is 11.5 Å². The van der Waals surface area contributed by atoms with Crippen LogP contribution in [0, 0.1) is 6.92 Å². The highest BCUT2D eigenvalue weighted by Gasteiger charge is 2.19. The summed E-state index contributed by atoms with van der Waals surface area (Å²) in [6.45, 7) is 3.88. The highest BCUT2D eigenvalue weighted by atomic mass is 35.5. The van der Waals surface area contributed by atoms with E-state index in [4.69, 9.17) is 25.8 Å². The molecule has 0 aliphatic heterocycles. The van der Waals surface area contributed by atoms with Crippen molar-refractivity contribution in [2.75, 3.05) is 19.0 Å². The Morgan fingerprint density at radius 2 is 1.96 bits per heavy atom. The minimum atomic E-state index is -0.950. The zero-order chi connectivity index (χ0) is 20.5. The number of carbonyl (C=O) groups excluding carboxylic acids is 2. The molecule has 0 fully saturated rings. The predicted molar refractivity (Wildman–Crippen MR) is 108 cm³/mol. The van der Waals surface area contributed by atoms with Crippen molar-refractivity contribution >= 4 is 29.2 Å². The number of halogens is 1. The van der Waals surface area contributed by atoms with Crippen LogP contribution in [0.3, 0.4) is 0 Å². The maximum atomic E-state index is 12.3. The molecule has 0 aliphatic carbocycles. The Morgan fingerprint density at radius 1 is 1.18 bits per heavy atom. The maximum absolute atomic E-state index is 12.3. The van der Waals surface area contributed by atoms with Crippen LogP contribution >= 0.6 is 11.6 Å². The normalized spacial score (nSPS) is 11.4. The highest BCUT2D eigenvalue weighted by molar-refractivity contribution is 6.31. The minimum Gasteiger partial charge on any atom is -0.495 e. The molecule has 2 rings (SSSR count). The largest absolute Gasteiger partial charge is 0.495 e. The molecule has 0 saturated heterocycles. The van der Waals surface area contributed by atoms with Gasteiger partial charge < -0.3 is 19.5 Å². The molecule has 1 atom stereocenters. The Labute approximate surface area is 169 Å². The maximum Gasteiger partial charge on any atom is 0.306 e. The van der Waals surface area contributed by atoms with Crippen molar-refractivity contribution in [3.05, 3.63) is 53.1 Å². The van der Waals surface area contributed by atoms with Crippen LogP contribution in [0.15, 0.2) is 42.5 Å². The van der Waals surface area contributed by atoms with Gasteiger partial charge in [0.15, 0.2) is 6.10 Å². The van der Waals surface area contributed by atoms with Crippen LogP contribution < -0.4 is 14.8 Å². The number of benzene rings is 2. The molecule has 0 bridgehead atoms. The van der Waals surface area contributed by atoms with E-state index >= 15 is 0 Å². The van der Waals surface area contributed by atoms with E-state index in [-0.39, 0.29) is 6.42 Å². The van der Waals surface area contributed by atoms with Crippen LogP contribution in [0.5, 0.6) is 11.5 Å². The van der Waals surface area contributed by atoms with Crippen molar-refractivity contribution in [3.8, 4) is 11.5 Å². The summed E-state index contributed by atoms with van der Waals surface area (Å²) < 4.78 is 15.9. The molecule has 7 heteroatoms. The molecule has 1 amide bonds. The number of amides is 1. The molecule has 150 valence electrons. The second kappa shape index (κ2) is 10.6. The lowest BCUT2D eigenvalue weighted by Gasteiger charge is -2.15. The Bertz CT molecular complexity index is 824. The fourth-order valence-electron chi connectivity index (χ4n) is 2.43. The molecule has 0 saturated carbocycles. The van der Waals surface area contributed by atoms with E-state index in [0.29, 0.717) is 29.5 Å². The van der Waals surface area contributed by atoms with Gasteiger partial charge in [-0.15, -0.1) is 0 Å². The van der Waals surface area contributed by atoms with Gasteiger partial charge in [0, 0.05) is 11.4 Å². The van der Waals surface area contributed by atoms with E-state index in [1.807, 2.05) is 31.2 Å². The molecular formula is C21H24ClNO5. The topological polar surface area (TPSA) is 73.9 Å². The summed E-state index contributed by atoms with van der Waals surface area (Å²) in [5.74, 6) is 0.291. The molecule has 2 aromatic rings. The van der Waals surface area contributed by atoms with Gasteiger partial charge >= 0.3 is 5.97 Å². The fourth-order valence-corrected chi connectivity index (χ4v) is 2.61. The first-order chi connectivity index (χ1) is 13.4. The van der Waals surface area contributed by atoms with Crippen molar-refractivity contribution in [1.82, 2.24) is 0 Å². The van der Waals surface area contributed by atoms with Crippen LogP contribution in [-0.4, -0.2) is 31.7 Å². The molecule has 0 radical (unpaired) electrons. The lowest BCUT2D eigenvalue weighted by Crippen LogP contribution is -2.30. The van der Waals surface area contributed by atoms with Crippen molar-refractivity contribution in [2.45, 2.75) is 32.8 Å². The van der Waals surface area contributed by atoms with Gasteiger partial charge in [-0.05, 0) is 56.2 Å². The minimum absolute atomic E-state index is 0.157. The average molecular weight is 406 g/mol. The van der Waals surface area contributed by atoms with Crippen molar-refractivity contribution in [2.24, 2.45) is 0 Å². The number of nitrogens with one attached hydrogen (secondary N) is 1. The third-order valence-corrected chi connectivity index (χ3v) is 4.12. The van der Waals surface area contributed by atoms with Gasteiger partial charge in [-0.1, -0.05) is 23.7 Å². The van der Waals surface area contributed by atoms with Crippen LogP contribution in [0.4, 0.5) is 5.69 Å². The number of carbonyl (C=O) groups is 2. The van der Waals surface area contributed by atoms with Crippen molar-refractivity contribution in [3.63, 3.8) is 0 Å². The van der Waals surface area contributed by atoms with Crippen LogP contribution in [0.2, 0.25) is 5.02 Å². The molecule has 6 nitrogen and oxygen atoms in total. The molecule has 0 unspecified atom stereocenters. The first kappa shape index (κ1) is 21.6. The molecule has 28 heavy (non-hydrogen) atoms. The first-order valence-electron chi connectivity index (χ1n) is 8.92. The first-order valence-corrected chi connectivity index (χ1v) is 9.30. The van der Waals surface area contributed by atoms with Crippen molar-refractivity contribution in [1.29, 1.82) is 0 Å². The van der Waals surface area contributed by atoms with Gasteiger partial charge in [0.05, 0.1) is 19.4 Å². The van der Waals surface area contributed by atoms with Crippen LogP contribution in [-0.2, 0) is 14.3 Å². The second-order valence-electron chi connectivity index (χ2n) is 6.23. The number of hydrogen-bond acceptors (Lipinski definition) is 5. The third kappa shape index (κ3) is 6.78. The van der Waals surface area contributed by atoms with Crippen molar-refractivity contribution < 1.29 is 23.8 Å². The lowest BCUT2D eigenvalue weighted by atomic mass is 10.2. The summed E-state index contributed by atoms with van der Waals surface area (Å²) in [5, 5.41) is 3.10. The van der Waals surface area contributed by atoms with E-state index in [1.54, 1.807) is 18.2 Å². The molecular weight excluding hydrogens is 382 g/mol. The van der Waals surface area contributed by atoms with Crippen LogP contribution in [0.1, 0.15) is 25.3 Å². The van der Waals surface area contributed by atoms with E-state index in [1.165, 1.54) is 14.0 Å². The number of anilines is 1. The number of methoxy groups -OCH3 is 1. The average Bonchev–Trinajstić information content (AvgIpc) is 2.65. The monoisotopic (exact) mass is 405 g/mol. The zero-order valence-corrected chi connectivity index (χ0v) is 16.9. The molecule has 0 spiro atoms. The predicted octanol–water partition coefficient (Wildman–Crippen LogP) is 4.39. The third-order valence-electron chi connectivity index (χ3n) is 3.88. The number of hydrogen-bond donors (Lipinski definition) is 1.